The van der Waals surface area contributed by atoms with E-state index in [0.717, 1.165) is 6.42 Å². The quantitative estimate of drug-likeness (QED) is 0.687. The second kappa shape index (κ2) is 4.48. The Morgan fingerprint density at radius 2 is 1.40 bits per heavy atom. The van der Waals surface area contributed by atoms with Gasteiger partial charge in [0.1, 0.15) is 0 Å². The van der Waals surface area contributed by atoms with E-state index in [1.54, 1.807) is 0 Å². The summed E-state index contributed by atoms with van der Waals surface area (Å²) < 4.78 is 0. The molecule has 78 valence electrons. The molecule has 0 unspecified atom stereocenters. The van der Waals surface area contributed by atoms with Crippen LogP contribution in [0.15, 0.2) is 36.4 Å². The van der Waals surface area contributed by atoms with E-state index < -0.39 is 0 Å². The molecule has 0 nitrogen and oxygen atoms in total. The fourth-order valence-corrected chi connectivity index (χ4v) is 2.22. The SMILES string of the molecule is CCCc1ccc(CC)c2ccccc12. The van der Waals surface area contributed by atoms with Gasteiger partial charge < -0.3 is 0 Å². The van der Waals surface area contributed by atoms with Crippen LogP contribution in [0.3, 0.4) is 0 Å². The molecule has 2 aromatic rings. The summed E-state index contributed by atoms with van der Waals surface area (Å²) in [6, 6.07) is 13.4. The summed E-state index contributed by atoms with van der Waals surface area (Å²) >= 11 is 0. The van der Waals surface area contributed by atoms with Gasteiger partial charge in [-0.15, -0.1) is 0 Å². The smallest absolute Gasteiger partial charge is 0.0149 e. The lowest BCUT2D eigenvalue weighted by atomic mass is 9.96. The topological polar surface area (TPSA) is 0 Å². The van der Waals surface area contributed by atoms with Gasteiger partial charge in [-0.2, -0.15) is 0 Å². The van der Waals surface area contributed by atoms with Crippen molar-refractivity contribution in [3.05, 3.63) is 47.5 Å². The van der Waals surface area contributed by atoms with Gasteiger partial charge in [-0.05, 0) is 34.7 Å². The highest BCUT2D eigenvalue weighted by Gasteiger charge is 2.03. The van der Waals surface area contributed by atoms with E-state index >= 15 is 0 Å². The van der Waals surface area contributed by atoms with Gasteiger partial charge in [-0.25, -0.2) is 0 Å². The Hall–Kier alpha value is -1.30. The largest absolute Gasteiger partial charge is 0.0651 e. The van der Waals surface area contributed by atoms with Crippen LogP contribution >= 0.6 is 0 Å². The summed E-state index contributed by atoms with van der Waals surface area (Å²) in [5.74, 6) is 0. The second-order valence-electron chi connectivity index (χ2n) is 4.03. The average Bonchev–Trinajstić information content (AvgIpc) is 2.30. The van der Waals surface area contributed by atoms with Gasteiger partial charge in [-0.3, -0.25) is 0 Å². The molecule has 0 aliphatic heterocycles. The number of benzene rings is 2. The van der Waals surface area contributed by atoms with E-state index in [0.29, 0.717) is 0 Å². The van der Waals surface area contributed by atoms with Crippen molar-refractivity contribution in [2.24, 2.45) is 0 Å². The van der Waals surface area contributed by atoms with Crippen LogP contribution in [-0.4, -0.2) is 0 Å². The minimum atomic E-state index is 1.12. The van der Waals surface area contributed by atoms with Crippen molar-refractivity contribution in [2.45, 2.75) is 33.1 Å². The standard InChI is InChI=1S/C15H18/c1-3-7-13-11-10-12(4-2)14-8-5-6-9-15(13)14/h5-6,8-11H,3-4,7H2,1-2H3. The molecule has 0 spiro atoms. The summed E-state index contributed by atoms with van der Waals surface area (Å²) in [5.41, 5.74) is 2.95. The number of fused-ring (bicyclic) bond motifs is 1. The van der Waals surface area contributed by atoms with Crippen LogP contribution in [0.1, 0.15) is 31.4 Å². The van der Waals surface area contributed by atoms with Gasteiger partial charge in [0.2, 0.25) is 0 Å². The number of hydrogen-bond acceptors (Lipinski definition) is 0. The Balaban J connectivity index is 2.66. The van der Waals surface area contributed by atoms with Gasteiger partial charge in [0, 0.05) is 0 Å². The molecule has 0 N–H and O–H groups in total. The molecule has 0 aliphatic rings. The summed E-state index contributed by atoms with van der Waals surface area (Å²) in [6.45, 7) is 4.46. The predicted molar refractivity (Wildman–Crippen MR) is 67.3 cm³/mol. The van der Waals surface area contributed by atoms with E-state index in [4.69, 9.17) is 0 Å². The Bertz CT molecular complexity index is 455. The average molecular weight is 198 g/mol. The Morgan fingerprint density at radius 3 is 2.00 bits per heavy atom. The van der Waals surface area contributed by atoms with E-state index in [2.05, 4.69) is 50.2 Å². The van der Waals surface area contributed by atoms with Crippen molar-refractivity contribution in [3.8, 4) is 0 Å². The zero-order valence-corrected chi connectivity index (χ0v) is 9.59. The van der Waals surface area contributed by atoms with Gasteiger partial charge in [0.05, 0.1) is 0 Å². The van der Waals surface area contributed by atoms with Crippen LogP contribution in [0, 0.1) is 0 Å². The van der Waals surface area contributed by atoms with E-state index in [1.165, 1.54) is 34.7 Å². The van der Waals surface area contributed by atoms with E-state index in [1.807, 2.05) is 0 Å². The van der Waals surface area contributed by atoms with Gasteiger partial charge in [-0.1, -0.05) is 56.7 Å². The predicted octanol–water partition coefficient (Wildman–Crippen LogP) is 4.35. The first-order chi connectivity index (χ1) is 7.36. The summed E-state index contributed by atoms with van der Waals surface area (Å²) in [7, 11) is 0. The lowest BCUT2D eigenvalue weighted by molar-refractivity contribution is 0.928. The van der Waals surface area contributed by atoms with Crippen molar-refractivity contribution < 1.29 is 0 Å². The van der Waals surface area contributed by atoms with Crippen molar-refractivity contribution in [3.63, 3.8) is 0 Å². The Labute approximate surface area is 91.9 Å². The maximum absolute atomic E-state index is 2.30. The lowest BCUT2D eigenvalue weighted by Gasteiger charge is -2.09. The second-order valence-corrected chi connectivity index (χ2v) is 4.03. The molecule has 0 saturated carbocycles. The zero-order valence-electron chi connectivity index (χ0n) is 9.59. The normalized spacial score (nSPS) is 10.8. The van der Waals surface area contributed by atoms with Crippen LogP contribution < -0.4 is 0 Å². The molecule has 0 radical (unpaired) electrons. The zero-order chi connectivity index (χ0) is 10.7. The van der Waals surface area contributed by atoms with Crippen LogP contribution in [0.4, 0.5) is 0 Å². The van der Waals surface area contributed by atoms with Crippen LogP contribution in [0.2, 0.25) is 0 Å². The molecule has 0 bridgehead atoms. The minimum Gasteiger partial charge on any atom is -0.0651 e. The molecule has 15 heavy (non-hydrogen) atoms. The first-order valence-electron chi connectivity index (χ1n) is 5.86. The Morgan fingerprint density at radius 1 is 0.800 bits per heavy atom. The fraction of sp³-hybridized carbons (Fsp3) is 0.333. The molecule has 2 rings (SSSR count). The highest BCUT2D eigenvalue weighted by Crippen LogP contribution is 2.24. The van der Waals surface area contributed by atoms with Gasteiger partial charge in [0.15, 0.2) is 0 Å². The maximum atomic E-state index is 2.30. The molecule has 2 aromatic carbocycles. The molecule has 0 aliphatic carbocycles. The van der Waals surface area contributed by atoms with Crippen molar-refractivity contribution >= 4 is 10.8 Å². The lowest BCUT2D eigenvalue weighted by Crippen LogP contribution is -1.90. The number of rotatable bonds is 3. The summed E-state index contributed by atoms with van der Waals surface area (Å²) in [5, 5.41) is 2.88. The van der Waals surface area contributed by atoms with Crippen molar-refractivity contribution in [2.75, 3.05) is 0 Å². The third-order valence-corrected chi connectivity index (χ3v) is 3.00. The third-order valence-electron chi connectivity index (χ3n) is 3.00. The highest BCUT2D eigenvalue weighted by atomic mass is 14.1. The van der Waals surface area contributed by atoms with Crippen LogP contribution in [-0.2, 0) is 12.8 Å². The minimum absolute atomic E-state index is 1.12. The first-order valence-corrected chi connectivity index (χ1v) is 5.86. The van der Waals surface area contributed by atoms with Crippen molar-refractivity contribution in [1.29, 1.82) is 0 Å². The molecule has 0 fully saturated rings. The molecular weight excluding hydrogens is 180 g/mol. The van der Waals surface area contributed by atoms with E-state index in [-0.39, 0.29) is 0 Å². The van der Waals surface area contributed by atoms with Gasteiger partial charge in [0.25, 0.3) is 0 Å². The molecule has 0 heterocycles. The number of hydrogen-bond donors (Lipinski definition) is 0. The molecule has 0 atom stereocenters. The summed E-state index contributed by atoms with van der Waals surface area (Å²) in [4.78, 5) is 0. The fourth-order valence-electron chi connectivity index (χ4n) is 2.22. The maximum Gasteiger partial charge on any atom is -0.0149 e. The highest BCUT2D eigenvalue weighted by molar-refractivity contribution is 5.88. The summed E-state index contributed by atoms with van der Waals surface area (Å²) in [6.07, 6.45) is 3.52. The molecule has 0 amide bonds. The molecular formula is C15H18. The molecule has 0 heteroatoms. The Kier molecular flexibility index (Phi) is 3.05. The van der Waals surface area contributed by atoms with E-state index in [9.17, 15) is 0 Å². The van der Waals surface area contributed by atoms with Crippen molar-refractivity contribution in [1.82, 2.24) is 0 Å². The third kappa shape index (κ3) is 1.90. The van der Waals surface area contributed by atoms with Crippen LogP contribution in [0.5, 0.6) is 0 Å². The molecule has 0 saturated heterocycles. The van der Waals surface area contributed by atoms with Gasteiger partial charge >= 0.3 is 0 Å². The molecule has 0 aromatic heterocycles. The monoisotopic (exact) mass is 198 g/mol. The first kappa shape index (κ1) is 10.2. The van der Waals surface area contributed by atoms with Crippen LogP contribution in [0.25, 0.3) is 10.8 Å². The number of aryl methyl sites for hydroxylation is 2.